The molecule has 0 aromatic carbocycles. The summed E-state index contributed by atoms with van der Waals surface area (Å²) in [5.41, 5.74) is 1.22. The second kappa shape index (κ2) is 4.89. The van der Waals surface area contributed by atoms with Gasteiger partial charge in [-0.25, -0.2) is 4.98 Å². The molecule has 0 atom stereocenters. The average Bonchev–Trinajstić information content (AvgIpc) is 2.76. The maximum absolute atomic E-state index is 4.29. The number of pyridine rings is 1. The molecular weight excluding hydrogens is 206 g/mol. The monoisotopic (exact) mass is 219 g/mol. The van der Waals surface area contributed by atoms with Crippen LogP contribution in [0.1, 0.15) is 17.4 Å². The van der Waals surface area contributed by atoms with E-state index in [1.165, 1.54) is 10.4 Å². The maximum Gasteiger partial charge on any atom is 0.183 e. The Hall–Kier alpha value is -1.42. The van der Waals surface area contributed by atoms with Gasteiger partial charge in [-0.3, -0.25) is 4.98 Å². The summed E-state index contributed by atoms with van der Waals surface area (Å²) >= 11 is 1.71. The fraction of sp³-hybridized carbons (Fsp3) is 0.273. The SMILES string of the molecule is CCc1cnc(NCc2ccncc2)s1. The van der Waals surface area contributed by atoms with Gasteiger partial charge in [0.25, 0.3) is 0 Å². The molecule has 0 fully saturated rings. The van der Waals surface area contributed by atoms with Crippen molar-refractivity contribution in [1.82, 2.24) is 9.97 Å². The summed E-state index contributed by atoms with van der Waals surface area (Å²) in [7, 11) is 0. The second-order valence-corrected chi connectivity index (χ2v) is 4.31. The van der Waals surface area contributed by atoms with Crippen LogP contribution in [0.4, 0.5) is 5.13 Å². The van der Waals surface area contributed by atoms with Gasteiger partial charge in [-0.2, -0.15) is 0 Å². The number of aryl methyl sites for hydroxylation is 1. The summed E-state index contributed by atoms with van der Waals surface area (Å²) < 4.78 is 0. The smallest absolute Gasteiger partial charge is 0.183 e. The van der Waals surface area contributed by atoms with Crippen LogP contribution in [0.25, 0.3) is 0 Å². The third-order valence-electron chi connectivity index (χ3n) is 2.10. The highest BCUT2D eigenvalue weighted by Crippen LogP contribution is 2.18. The van der Waals surface area contributed by atoms with E-state index in [0.717, 1.165) is 18.1 Å². The zero-order chi connectivity index (χ0) is 10.5. The van der Waals surface area contributed by atoms with Crippen LogP contribution in [0, 0.1) is 0 Å². The molecule has 0 aliphatic carbocycles. The van der Waals surface area contributed by atoms with Crippen molar-refractivity contribution in [3.05, 3.63) is 41.2 Å². The van der Waals surface area contributed by atoms with Crippen LogP contribution in [-0.2, 0) is 13.0 Å². The topological polar surface area (TPSA) is 37.8 Å². The minimum Gasteiger partial charge on any atom is -0.357 e. The first-order valence-electron chi connectivity index (χ1n) is 4.96. The lowest BCUT2D eigenvalue weighted by Crippen LogP contribution is -1.98. The van der Waals surface area contributed by atoms with Gasteiger partial charge in [0, 0.05) is 30.0 Å². The Morgan fingerprint density at radius 2 is 2.13 bits per heavy atom. The molecule has 3 nitrogen and oxygen atoms in total. The molecule has 0 aliphatic rings. The van der Waals surface area contributed by atoms with Gasteiger partial charge in [-0.15, -0.1) is 11.3 Å². The van der Waals surface area contributed by atoms with E-state index < -0.39 is 0 Å². The molecule has 0 saturated heterocycles. The molecule has 0 spiro atoms. The number of anilines is 1. The lowest BCUT2D eigenvalue weighted by Gasteiger charge is -2.01. The summed E-state index contributed by atoms with van der Waals surface area (Å²) in [5, 5.41) is 4.28. The highest BCUT2D eigenvalue weighted by Gasteiger charge is 1.99. The van der Waals surface area contributed by atoms with Crippen molar-refractivity contribution in [3.8, 4) is 0 Å². The van der Waals surface area contributed by atoms with Crippen LogP contribution in [-0.4, -0.2) is 9.97 Å². The third kappa shape index (κ3) is 2.76. The van der Waals surface area contributed by atoms with Crippen molar-refractivity contribution in [2.45, 2.75) is 19.9 Å². The minimum atomic E-state index is 0.805. The molecule has 0 saturated carbocycles. The predicted molar refractivity (Wildman–Crippen MR) is 63.1 cm³/mol. The summed E-state index contributed by atoms with van der Waals surface area (Å²) in [6, 6.07) is 4.00. The van der Waals surface area contributed by atoms with Crippen molar-refractivity contribution < 1.29 is 0 Å². The molecule has 0 bridgehead atoms. The molecule has 0 radical (unpaired) electrons. The Balaban J connectivity index is 1.93. The van der Waals surface area contributed by atoms with Crippen LogP contribution in [0.2, 0.25) is 0 Å². The fourth-order valence-electron chi connectivity index (χ4n) is 1.23. The Morgan fingerprint density at radius 3 is 2.80 bits per heavy atom. The van der Waals surface area contributed by atoms with Crippen LogP contribution in [0.5, 0.6) is 0 Å². The number of nitrogens with one attached hydrogen (secondary N) is 1. The molecular formula is C11H13N3S. The van der Waals surface area contributed by atoms with Crippen molar-refractivity contribution in [2.24, 2.45) is 0 Å². The average molecular weight is 219 g/mol. The van der Waals surface area contributed by atoms with Crippen LogP contribution >= 0.6 is 11.3 Å². The lowest BCUT2D eigenvalue weighted by molar-refractivity contribution is 1.11. The Bertz CT molecular complexity index is 411. The van der Waals surface area contributed by atoms with Gasteiger partial charge in [0.15, 0.2) is 5.13 Å². The van der Waals surface area contributed by atoms with Gasteiger partial charge >= 0.3 is 0 Å². The minimum absolute atomic E-state index is 0.805. The zero-order valence-electron chi connectivity index (χ0n) is 8.60. The normalized spacial score (nSPS) is 10.2. The molecule has 0 aliphatic heterocycles. The van der Waals surface area contributed by atoms with E-state index >= 15 is 0 Å². The van der Waals surface area contributed by atoms with E-state index in [-0.39, 0.29) is 0 Å². The number of nitrogens with zero attached hydrogens (tertiary/aromatic N) is 2. The largest absolute Gasteiger partial charge is 0.357 e. The van der Waals surface area contributed by atoms with E-state index in [1.807, 2.05) is 18.3 Å². The molecule has 2 heterocycles. The molecule has 2 aromatic heterocycles. The van der Waals surface area contributed by atoms with Gasteiger partial charge in [0.05, 0.1) is 0 Å². The van der Waals surface area contributed by atoms with Gasteiger partial charge < -0.3 is 5.32 Å². The first-order valence-corrected chi connectivity index (χ1v) is 5.77. The Labute approximate surface area is 93.2 Å². The van der Waals surface area contributed by atoms with Gasteiger partial charge in [0.1, 0.15) is 0 Å². The van der Waals surface area contributed by atoms with Crippen LogP contribution in [0.15, 0.2) is 30.7 Å². The predicted octanol–water partition coefficient (Wildman–Crippen LogP) is 2.71. The van der Waals surface area contributed by atoms with Gasteiger partial charge in [-0.1, -0.05) is 6.92 Å². The summed E-state index contributed by atoms with van der Waals surface area (Å²) in [6.45, 7) is 2.94. The van der Waals surface area contributed by atoms with Crippen LogP contribution in [0.3, 0.4) is 0 Å². The Kier molecular flexibility index (Phi) is 3.29. The van der Waals surface area contributed by atoms with Crippen LogP contribution < -0.4 is 5.32 Å². The van der Waals surface area contributed by atoms with Gasteiger partial charge in [-0.05, 0) is 24.1 Å². The molecule has 2 aromatic rings. The number of rotatable bonds is 4. The number of thiazole rings is 1. The van der Waals surface area contributed by atoms with Crippen molar-refractivity contribution in [3.63, 3.8) is 0 Å². The molecule has 4 heteroatoms. The molecule has 1 N–H and O–H groups in total. The maximum atomic E-state index is 4.29. The molecule has 0 amide bonds. The molecule has 0 unspecified atom stereocenters. The molecule has 2 rings (SSSR count). The van der Waals surface area contributed by atoms with E-state index in [4.69, 9.17) is 0 Å². The number of aromatic nitrogens is 2. The second-order valence-electron chi connectivity index (χ2n) is 3.19. The van der Waals surface area contributed by atoms with Crippen molar-refractivity contribution in [1.29, 1.82) is 0 Å². The Morgan fingerprint density at radius 1 is 1.33 bits per heavy atom. The zero-order valence-corrected chi connectivity index (χ0v) is 9.42. The van der Waals surface area contributed by atoms with E-state index in [2.05, 4.69) is 22.2 Å². The molecule has 15 heavy (non-hydrogen) atoms. The summed E-state index contributed by atoms with van der Waals surface area (Å²) in [4.78, 5) is 9.58. The van der Waals surface area contributed by atoms with E-state index in [1.54, 1.807) is 23.7 Å². The third-order valence-corrected chi connectivity index (χ3v) is 3.19. The van der Waals surface area contributed by atoms with Gasteiger partial charge in [0.2, 0.25) is 0 Å². The van der Waals surface area contributed by atoms with Crippen molar-refractivity contribution in [2.75, 3.05) is 5.32 Å². The first kappa shape index (κ1) is 10.1. The lowest BCUT2D eigenvalue weighted by atomic mass is 10.3. The van der Waals surface area contributed by atoms with E-state index in [0.29, 0.717) is 0 Å². The standard InChI is InChI=1S/C11H13N3S/c1-2-10-8-14-11(15-10)13-7-9-3-5-12-6-4-9/h3-6,8H,2,7H2,1H3,(H,13,14). The quantitative estimate of drug-likeness (QED) is 0.859. The fourth-order valence-corrected chi connectivity index (χ4v) is 1.98. The van der Waals surface area contributed by atoms with Crippen molar-refractivity contribution >= 4 is 16.5 Å². The number of hydrogen-bond acceptors (Lipinski definition) is 4. The molecule has 78 valence electrons. The summed E-state index contributed by atoms with van der Waals surface area (Å²) in [5.74, 6) is 0. The first-order chi connectivity index (χ1) is 7.38. The van der Waals surface area contributed by atoms with E-state index in [9.17, 15) is 0 Å². The highest BCUT2D eigenvalue weighted by atomic mass is 32.1. The number of hydrogen-bond donors (Lipinski definition) is 1. The summed E-state index contributed by atoms with van der Waals surface area (Å²) in [6.07, 6.45) is 6.58. The highest BCUT2D eigenvalue weighted by molar-refractivity contribution is 7.15.